The molecule has 0 spiro atoms. The first-order valence-electron chi connectivity index (χ1n) is 8.77. The summed E-state index contributed by atoms with van der Waals surface area (Å²) in [5.74, 6) is 1.48. The lowest BCUT2D eigenvalue weighted by Gasteiger charge is -2.08. The number of aromatic amines is 1. The van der Waals surface area contributed by atoms with Crippen molar-refractivity contribution in [2.24, 2.45) is 4.99 Å². The fourth-order valence-corrected chi connectivity index (χ4v) is 2.79. The Balaban J connectivity index is 1.50. The highest BCUT2D eigenvalue weighted by Crippen LogP contribution is 2.27. The van der Waals surface area contributed by atoms with Crippen LogP contribution in [0.4, 0.5) is 5.69 Å². The van der Waals surface area contributed by atoms with E-state index in [0.29, 0.717) is 6.54 Å². The van der Waals surface area contributed by atoms with Crippen molar-refractivity contribution in [3.63, 3.8) is 0 Å². The molecule has 0 saturated carbocycles. The van der Waals surface area contributed by atoms with Crippen molar-refractivity contribution in [1.29, 1.82) is 0 Å². The van der Waals surface area contributed by atoms with Crippen LogP contribution in [0.25, 0.3) is 11.3 Å². The zero-order valence-electron chi connectivity index (χ0n) is 15.8. The van der Waals surface area contributed by atoms with Crippen LogP contribution in [-0.2, 0) is 6.42 Å². The summed E-state index contributed by atoms with van der Waals surface area (Å²) >= 11 is 0. The van der Waals surface area contributed by atoms with Crippen molar-refractivity contribution in [2.45, 2.75) is 13.3 Å². The molecule has 0 bridgehead atoms. The number of H-pyrrole nitrogens is 1. The van der Waals surface area contributed by atoms with E-state index in [1.54, 1.807) is 26.9 Å². The second-order valence-electron chi connectivity index (χ2n) is 6.07. The van der Waals surface area contributed by atoms with Gasteiger partial charge >= 0.3 is 0 Å². The fourth-order valence-electron chi connectivity index (χ4n) is 2.79. The molecule has 0 aliphatic heterocycles. The first-order valence-corrected chi connectivity index (χ1v) is 8.77. The second-order valence-corrected chi connectivity index (χ2v) is 6.07. The minimum Gasteiger partial charge on any atom is -0.493 e. The highest BCUT2D eigenvalue weighted by atomic mass is 16.5. The van der Waals surface area contributed by atoms with Crippen molar-refractivity contribution < 1.29 is 9.47 Å². The molecule has 2 N–H and O–H groups in total. The summed E-state index contributed by atoms with van der Waals surface area (Å²) in [4.78, 5) is 11.9. The van der Waals surface area contributed by atoms with Crippen LogP contribution >= 0.6 is 0 Å². The average Bonchev–Trinajstić information content (AvgIpc) is 3.14. The van der Waals surface area contributed by atoms with Gasteiger partial charge in [-0.1, -0.05) is 18.2 Å². The molecule has 3 aromatic rings. The molecule has 0 aliphatic rings. The number of methoxy groups -OCH3 is 2. The average molecular weight is 364 g/mol. The number of aliphatic imine (C=N–C) groups is 1. The number of nitrogens with one attached hydrogen (secondary N) is 2. The number of ether oxygens (including phenoxy) is 2. The van der Waals surface area contributed by atoms with Gasteiger partial charge in [0.05, 0.1) is 32.6 Å². The maximum atomic E-state index is 5.32. The van der Waals surface area contributed by atoms with E-state index in [1.165, 1.54) is 0 Å². The number of aryl methyl sites for hydroxylation is 1. The van der Waals surface area contributed by atoms with Crippen LogP contribution in [0.2, 0.25) is 0 Å². The molecule has 1 heterocycles. The molecule has 0 amide bonds. The van der Waals surface area contributed by atoms with E-state index >= 15 is 0 Å². The Kier molecular flexibility index (Phi) is 6.10. The van der Waals surface area contributed by atoms with Gasteiger partial charge in [0.1, 0.15) is 0 Å². The van der Waals surface area contributed by atoms with E-state index in [-0.39, 0.29) is 0 Å². The maximum Gasteiger partial charge on any atom is 0.160 e. The Morgan fingerprint density at radius 3 is 2.52 bits per heavy atom. The molecule has 1 aromatic heterocycles. The van der Waals surface area contributed by atoms with Crippen LogP contribution in [0.1, 0.15) is 11.3 Å². The summed E-state index contributed by atoms with van der Waals surface area (Å²) in [6, 6.07) is 14.1. The van der Waals surface area contributed by atoms with Gasteiger partial charge in [-0.05, 0) is 43.2 Å². The molecular formula is C21H24N4O2. The van der Waals surface area contributed by atoms with E-state index in [9.17, 15) is 0 Å². The number of aromatic nitrogens is 2. The van der Waals surface area contributed by atoms with E-state index in [2.05, 4.69) is 20.3 Å². The van der Waals surface area contributed by atoms with Crippen LogP contribution in [0.3, 0.4) is 0 Å². The Morgan fingerprint density at radius 1 is 1.07 bits per heavy atom. The van der Waals surface area contributed by atoms with Crippen LogP contribution in [0.15, 0.2) is 53.8 Å². The molecule has 6 heteroatoms. The van der Waals surface area contributed by atoms with Gasteiger partial charge < -0.3 is 19.8 Å². The largest absolute Gasteiger partial charge is 0.493 e. The lowest BCUT2D eigenvalue weighted by atomic mass is 10.1. The van der Waals surface area contributed by atoms with E-state index in [1.807, 2.05) is 49.4 Å². The predicted molar refractivity (Wildman–Crippen MR) is 109 cm³/mol. The predicted octanol–water partition coefficient (Wildman–Crippen LogP) is 4.09. The number of hydrogen-bond acceptors (Lipinski definition) is 4. The van der Waals surface area contributed by atoms with Crippen LogP contribution < -0.4 is 14.8 Å². The van der Waals surface area contributed by atoms with Crippen LogP contribution in [0.5, 0.6) is 11.5 Å². The molecule has 0 unspecified atom stereocenters. The Bertz CT molecular complexity index is 901. The van der Waals surface area contributed by atoms with Crippen molar-refractivity contribution in [1.82, 2.24) is 9.97 Å². The fraction of sp³-hybridized carbons (Fsp3) is 0.238. The number of nitrogens with zero attached hydrogens (tertiary/aromatic N) is 2. The molecule has 0 radical (unpaired) electrons. The summed E-state index contributed by atoms with van der Waals surface area (Å²) in [7, 11) is 3.28. The smallest absolute Gasteiger partial charge is 0.160 e. The Labute approximate surface area is 159 Å². The lowest BCUT2D eigenvalue weighted by molar-refractivity contribution is 0.354. The van der Waals surface area contributed by atoms with Gasteiger partial charge in [0.25, 0.3) is 0 Å². The highest BCUT2D eigenvalue weighted by Gasteiger charge is 2.05. The zero-order valence-corrected chi connectivity index (χ0v) is 15.8. The monoisotopic (exact) mass is 364 g/mol. The number of rotatable bonds is 8. The normalized spacial score (nSPS) is 10.9. The molecule has 0 saturated heterocycles. The topological polar surface area (TPSA) is 71.5 Å². The van der Waals surface area contributed by atoms with Gasteiger partial charge in [0.2, 0.25) is 0 Å². The van der Waals surface area contributed by atoms with E-state index in [4.69, 9.17) is 9.47 Å². The van der Waals surface area contributed by atoms with Gasteiger partial charge in [-0.25, -0.2) is 4.98 Å². The molecule has 0 aliphatic carbocycles. The maximum absolute atomic E-state index is 5.32. The second kappa shape index (κ2) is 8.89. The molecule has 140 valence electrons. The molecule has 0 fully saturated rings. The van der Waals surface area contributed by atoms with Crippen molar-refractivity contribution in [2.75, 3.05) is 26.1 Å². The van der Waals surface area contributed by atoms with Gasteiger partial charge in [-0.2, -0.15) is 0 Å². The van der Waals surface area contributed by atoms with Crippen molar-refractivity contribution in [3.8, 4) is 22.8 Å². The molecule has 2 aromatic carbocycles. The molecule has 3 rings (SSSR count). The first-order chi connectivity index (χ1) is 13.2. The van der Waals surface area contributed by atoms with Gasteiger partial charge in [-0.15, -0.1) is 0 Å². The van der Waals surface area contributed by atoms with Crippen LogP contribution in [0, 0.1) is 6.92 Å². The number of benzene rings is 2. The highest BCUT2D eigenvalue weighted by molar-refractivity contribution is 5.76. The van der Waals surface area contributed by atoms with E-state index < -0.39 is 0 Å². The number of imidazole rings is 1. The van der Waals surface area contributed by atoms with Crippen LogP contribution in [-0.4, -0.2) is 37.1 Å². The summed E-state index contributed by atoms with van der Waals surface area (Å²) < 4.78 is 10.6. The Morgan fingerprint density at radius 2 is 1.85 bits per heavy atom. The minimum absolute atomic E-state index is 0.688. The summed E-state index contributed by atoms with van der Waals surface area (Å²) in [6.07, 6.45) is 4.27. The third kappa shape index (κ3) is 4.67. The molecular weight excluding hydrogens is 340 g/mol. The zero-order chi connectivity index (χ0) is 19.1. The summed E-state index contributed by atoms with van der Waals surface area (Å²) in [6.45, 7) is 2.70. The van der Waals surface area contributed by atoms with Crippen molar-refractivity contribution in [3.05, 3.63) is 60.0 Å². The lowest BCUT2D eigenvalue weighted by Crippen LogP contribution is -1.98. The standard InChI is InChI=1S/C21H24N4O2/c1-15-21(25-14-23-15)17-5-7-18(8-6-17)24-13-22-11-10-16-4-9-19(26-2)20(12-16)27-3/h4-9,12-14H,10-11H2,1-3H3,(H,22,24)(H,23,25). The third-order valence-electron chi connectivity index (χ3n) is 4.29. The first kappa shape index (κ1) is 18.5. The van der Waals surface area contributed by atoms with Crippen molar-refractivity contribution >= 4 is 12.0 Å². The Hall–Kier alpha value is -3.28. The number of hydrogen-bond donors (Lipinski definition) is 2. The summed E-state index contributed by atoms with van der Waals surface area (Å²) in [5, 5.41) is 3.19. The quantitative estimate of drug-likeness (QED) is 0.467. The molecule has 27 heavy (non-hydrogen) atoms. The van der Waals surface area contributed by atoms with Gasteiger partial charge in [0, 0.05) is 23.5 Å². The van der Waals surface area contributed by atoms with E-state index in [0.717, 1.165) is 46.1 Å². The third-order valence-corrected chi connectivity index (χ3v) is 4.29. The van der Waals surface area contributed by atoms with Gasteiger partial charge in [-0.3, -0.25) is 4.99 Å². The summed E-state index contributed by atoms with van der Waals surface area (Å²) in [5.41, 5.74) is 5.27. The van der Waals surface area contributed by atoms with Gasteiger partial charge in [0.15, 0.2) is 11.5 Å². The minimum atomic E-state index is 0.688. The SMILES string of the molecule is COc1ccc(CCN=CNc2ccc(-c3nc[nH]c3C)cc2)cc1OC. The number of anilines is 1. The molecule has 6 nitrogen and oxygen atoms in total. The molecule has 0 atom stereocenters.